The van der Waals surface area contributed by atoms with E-state index >= 15 is 0 Å². The topological polar surface area (TPSA) is 36.1 Å². The van der Waals surface area contributed by atoms with E-state index in [0.29, 0.717) is 16.6 Å². The number of carbonyl (C=O) groups is 1. The Bertz CT molecular complexity index is 589. The van der Waals surface area contributed by atoms with Crippen molar-refractivity contribution in [3.05, 3.63) is 36.0 Å². The van der Waals surface area contributed by atoms with Crippen LogP contribution in [-0.2, 0) is 11.3 Å². The normalized spacial score (nSPS) is 16.1. The van der Waals surface area contributed by atoms with Crippen molar-refractivity contribution in [2.24, 2.45) is 0 Å². The predicted molar refractivity (Wildman–Crippen MR) is 73.9 cm³/mol. The average molecular weight is 262 g/mol. The smallest absolute Gasteiger partial charge is 0.238 e. The fourth-order valence-electron chi connectivity index (χ4n) is 1.97. The average Bonchev–Trinajstić information content (AvgIpc) is 2.88. The molecule has 1 aromatic carbocycles. The molecule has 86 valence electrons. The Kier molecular flexibility index (Phi) is 2.64. The minimum atomic E-state index is 0.102. The van der Waals surface area contributed by atoms with Crippen LogP contribution in [0, 0.1) is 0 Å². The fourth-order valence-corrected chi connectivity index (χ4v) is 3.03. The molecule has 2 heterocycles. The van der Waals surface area contributed by atoms with Gasteiger partial charge in [0.2, 0.25) is 5.91 Å². The van der Waals surface area contributed by atoms with Crippen LogP contribution in [0.3, 0.4) is 0 Å². The van der Waals surface area contributed by atoms with Gasteiger partial charge in [0.25, 0.3) is 0 Å². The molecule has 3 nitrogen and oxygen atoms in total. The Morgan fingerprint density at radius 2 is 2.24 bits per heavy atom. The summed E-state index contributed by atoms with van der Waals surface area (Å²) in [5, 5.41) is 1.15. The van der Waals surface area contributed by atoms with E-state index in [9.17, 15) is 4.79 Å². The molecule has 0 spiro atoms. The lowest BCUT2D eigenvalue weighted by Gasteiger charge is -2.13. The minimum Gasteiger partial charge on any atom is -0.361 e. The predicted octanol–water partition coefficient (Wildman–Crippen LogP) is 2.53. The van der Waals surface area contributed by atoms with Crippen LogP contribution in [-0.4, -0.2) is 25.9 Å². The van der Waals surface area contributed by atoms with E-state index in [1.807, 2.05) is 24.4 Å². The number of benzene rings is 1. The Morgan fingerprint density at radius 1 is 1.41 bits per heavy atom. The van der Waals surface area contributed by atoms with Gasteiger partial charge in [-0.25, -0.2) is 0 Å². The Hall–Kier alpha value is -1.33. The van der Waals surface area contributed by atoms with E-state index in [1.165, 1.54) is 11.8 Å². The molecule has 0 bridgehead atoms. The highest BCUT2D eigenvalue weighted by Gasteiger charge is 2.27. The SMILES string of the molecule is O=C1CSC(=S)N1Cc1c[nH]c2ccccc12. The van der Waals surface area contributed by atoms with Crippen molar-refractivity contribution in [3.63, 3.8) is 0 Å². The maximum absolute atomic E-state index is 11.7. The van der Waals surface area contributed by atoms with Gasteiger partial charge in [-0.3, -0.25) is 9.69 Å². The lowest BCUT2D eigenvalue weighted by Crippen LogP contribution is -2.27. The molecule has 0 saturated carbocycles. The van der Waals surface area contributed by atoms with Gasteiger partial charge in [-0.05, 0) is 11.6 Å². The van der Waals surface area contributed by atoms with E-state index in [1.54, 1.807) is 4.90 Å². The third-order valence-corrected chi connectivity index (χ3v) is 4.28. The molecule has 1 aliphatic rings. The summed E-state index contributed by atoms with van der Waals surface area (Å²) in [4.78, 5) is 16.5. The number of amides is 1. The van der Waals surface area contributed by atoms with Crippen molar-refractivity contribution in [1.29, 1.82) is 0 Å². The van der Waals surface area contributed by atoms with Gasteiger partial charge in [0, 0.05) is 17.1 Å². The highest BCUT2D eigenvalue weighted by atomic mass is 32.2. The number of carbonyl (C=O) groups excluding carboxylic acids is 1. The van der Waals surface area contributed by atoms with E-state index in [-0.39, 0.29) is 5.91 Å². The van der Waals surface area contributed by atoms with Crippen LogP contribution in [0.4, 0.5) is 0 Å². The van der Waals surface area contributed by atoms with Crippen molar-refractivity contribution in [3.8, 4) is 0 Å². The second-order valence-electron chi connectivity index (χ2n) is 3.89. The van der Waals surface area contributed by atoms with Gasteiger partial charge in [-0.1, -0.05) is 42.2 Å². The number of para-hydroxylation sites is 1. The summed E-state index contributed by atoms with van der Waals surface area (Å²) in [6, 6.07) is 8.07. The lowest BCUT2D eigenvalue weighted by molar-refractivity contribution is -0.124. The number of thiocarbonyl (C=S) groups is 1. The number of hydrogen-bond acceptors (Lipinski definition) is 3. The number of H-pyrrole nitrogens is 1. The van der Waals surface area contributed by atoms with Gasteiger partial charge in [0.05, 0.1) is 12.3 Å². The Morgan fingerprint density at radius 3 is 3.00 bits per heavy atom. The molecular formula is C12H10N2OS2. The number of aromatic amines is 1. The molecule has 1 amide bonds. The Labute approximate surface area is 108 Å². The molecule has 0 atom stereocenters. The summed E-state index contributed by atoms with van der Waals surface area (Å²) in [7, 11) is 0. The van der Waals surface area contributed by atoms with Gasteiger partial charge in [-0.2, -0.15) is 0 Å². The van der Waals surface area contributed by atoms with Crippen LogP contribution in [0.5, 0.6) is 0 Å². The minimum absolute atomic E-state index is 0.102. The molecule has 1 saturated heterocycles. The standard InChI is InChI=1S/C12H10N2OS2/c15-11-7-17-12(16)14(11)6-8-5-13-10-4-2-1-3-9(8)10/h1-5,13H,6-7H2. The first-order valence-electron chi connectivity index (χ1n) is 5.28. The van der Waals surface area contributed by atoms with Crippen LogP contribution in [0.1, 0.15) is 5.56 Å². The first-order chi connectivity index (χ1) is 8.25. The largest absolute Gasteiger partial charge is 0.361 e. The number of hydrogen-bond donors (Lipinski definition) is 1. The van der Waals surface area contributed by atoms with E-state index < -0.39 is 0 Å². The highest BCUT2D eigenvalue weighted by Crippen LogP contribution is 2.25. The van der Waals surface area contributed by atoms with Gasteiger partial charge in [0.15, 0.2) is 0 Å². The third kappa shape index (κ3) is 1.85. The number of rotatable bonds is 2. The molecule has 17 heavy (non-hydrogen) atoms. The highest BCUT2D eigenvalue weighted by molar-refractivity contribution is 8.23. The Balaban J connectivity index is 1.95. The maximum Gasteiger partial charge on any atom is 0.238 e. The van der Waals surface area contributed by atoms with Crippen LogP contribution in [0.25, 0.3) is 10.9 Å². The molecule has 3 rings (SSSR count). The fraction of sp³-hybridized carbons (Fsp3) is 0.167. The summed E-state index contributed by atoms with van der Waals surface area (Å²) < 4.78 is 0.681. The third-order valence-electron chi connectivity index (χ3n) is 2.84. The number of nitrogens with zero attached hydrogens (tertiary/aromatic N) is 1. The first kappa shape index (κ1) is 10.8. The second kappa shape index (κ2) is 4.16. The summed E-state index contributed by atoms with van der Waals surface area (Å²) in [6.45, 7) is 0.564. The van der Waals surface area contributed by atoms with Crippen LogP contribution in [0.2, 0.25) is 0 Å². The molecule has 2 aromatic rings. The van der Waals surface area contributed by atoms with Crippen molar-refractivity contribution in [1.82, 2.24) is 9.88 Å². The van der Waals surface area contributed by atoms with Gasteiger partial charge >= 0.3 is 0 Å². The summed E-state index contributed by atoms with van der Waals surface area (Å²) in [5.74, 6) is 0.576. The zero-order valence-corrected chi connectivity index (χ0v) is 10.6. The number of fused-ring (bicyclic) bond motifs is 1. The molecule has 0 unspecified atom stereocenters. The summed E-state index contributed by atoms with van der Waals surface area (Å²) >= 11 is 6.61. The van der Waals surface area contributed by atoms with E-state index in [2.05, 4.69) is 11.1 Å². The molecule has 5 heteroatoms. The number of nitrogens with one attached hydrogen (secondary N) is 1. The zero-order valence-electron chi connectivity index (χ0n) is 8.97. The first-order valence-corrected chi connectivity index (χ1v) is 6.67. The molecule has 0 aliphatic carbocycles. The van der Waals surface area contributed by atoms with Gasteiger partial charge in [0.1, 0.15) is 4.32 Å². The zero-order chi connectivity index (χ0) is 11.8. The second-order valence-corrected chi connectivity index (χ2v) is 5.50. The number of aromatic nitrogens is 1. The van der Waals surface area contributed by atoms with Crippen molar-refractivity contribution < 1.29 is 4.79 Å². The monoisotopic (exact) mass is 262 g/mol. The summed E-state index contributed by atoms with van der Waals surface area (Å²) in [6.07, 6.45) is 1.95. The quantitative estimate of drug-likeness (QED) is 0.845. The van der Waals surface area contributed by atoms with Gasteiger partial charge in [-0.15, -0.1) is 0 Å². The summed E-state index contributed by atoms with van der Waals surface area (Å²) in [5.41, 5.74) is 2.20. The van der Waals surface area contributed by atoms with Crippen molar-refractivity contribution in [2.75, 3.05) is 5.75 Å². The van der Waals surface area contributed by atoms with E-state index in [0.717, 1.165) is 16.5 Å². The molecule has 1 fully saturated rings. The van der Waals surface area contributed by atoms with Crippen LogP contribution >= 0.6 is 24.0 Å². The molecular weight excluding hydrogens is 252 g/mol. The van der Waals surface area contributed by atoms with Crippen molar-refractivity contribution >= 4 is 45.1 Å². The van der Waals surface area contributed by atoms with E-state index in [4.69, 9.17) is 12.2 Å². The molecule has 1 N–H and O–H groups in total. The van der Waals surface area contributed by atoms with Gasteiger partial charge < -0.3 is 4.98 Å². The maximum atomic E-state index is 11.7. The molecule has 1 aliphatic heterocycles. The molecule has 1 aromatic heterocycles. The number of thioether (sulfide) groups is 1. The van der Waals surface area contributed by atoms with Crippen LogP contribution < -0.4 is 0 Å². The van der Waals surface area contributed by atoms with Crippen LogP contribution in [0.15, 0.2) is 30.5 Å². The molecule has 0 radical (unpaired) electrons. The van der Waals surface area contributed by atoms with Crippen molar-refractivity contribution in [2.45, 2.75) is 6.54 Å². The lowest BCUT2D eigenvalue weighted by atomic mass is 10.1.